The molecule has 1 aromatic rings. The number of sulfone groups is 1. The molecule has 0 bridgehead atoms. The molecule has 0 spiro atoms. The minimum Gasteiger partial charge on any atom is -0.219 e. The summed E-state index contributed by atoms with van der Waals surface area (Å²) < 4.78 is 23.7. The second-order valence-electron chi connectivity index (χ2n) is 2.88. The lowest BCUT2D eigenvalue weighted by Crippen LogP contribution is -2.01. The molecule has 0 atom stereocenters. The van der Waals surface area contributed by atoms with Crippen LogP contribution in [0, 0.1) is 0 Å². The van der Waals surface area contributed by atoms with E-state index in [2.05, 4.69) is 13.2 Å². The lowest BCUT2D eigenvalue weighted by atomic mass is 10.4. The third kappa shape index (κ3) is 2.67. The van der Waals surface area contributed by atoms with Gasteiger partial charge in [-0.2, -0.15) is 0 Å². The van der Waals surface area contributed by atoms with Crippen molar-refractivity contribution in [2.45, 2.75) is 4.90 Å². The maximum absolute atomic E-state index is 11.9. The quantitative estimate of drug-likeness (QED) is 0.731. The lowest BCUT2D eigenvalue weighted by Gasteiger charge is -2.02. The van der Waals surface area contributed by atoms with E-state index >= 15 is 0 Å². The minimum atomic E-state index is -3.44. The molecule has 0 radical (unpaired) electrons. The van der Waals surface area contributed by atoms with Crippen LogP contribution in [0.1, 0.15) is 0 Å². The molecule has 0 saturated carbocycles. The Morgan fingerprint density at radius 1 is 1.20 bits per heavy atom. The highest BCUT2D eigenvalue weighted by molar-refractivity contribution is 7.95. The summed E-state index contributed by atoms with van der Waals surface area (Å²) in [5.74, 6) is 0. The average Bonchev–Trinajstić information content (AvgIpc) is 2.27. The van der Waals surface area contributed by atoms with Gasteiger partial charge in [-0.05, 0) is 18.2 Å². The van der Waals surface area contributed by atoms with Gasteiger partial charge in [0.25, 0.3) is 0 Å². The van der Waals surface area contributed by atoms with Crippen LogP contribution in [0.25, 0.3) is 0 Å². The second-order valence-corrected chi connectivity index (χ2v) is 4.88. The van der Waals surface area contributed by atoms with E-state index in [-0.39, 0.29) is 9.80 Å². The van der Waals surface area contributed by atoms with Crippen LogP contribution >= 0.6 is 0 Å². The molecule has 0 unspecified atom stereocenters. The van der Waals surface area contributed by atoms with E-state index < -0.39 is 9.84 Å². The summed E-state index contributed by atoms with van der Waals surface area (Å²) in [7, 11) is -3.44. The molecule has 0 amide bonds. The molecule has 78 valence electrons. The zero-order chi connectivity index (χ0) is 11.3. The van der Waals surface area contributed by atoms with Gasteiger partial charge in [0.05, 0.1) is 9.80 Å². The van der Waals surface area contributed by atoms with Crippen molar-refractivity contribution in [1.29, 1.82) is 0 Å². The summed E-state index contributed by atoms with van der Waals surface area (Å²) in [5, 5.41) is 0. The molecule has 1 aromatic carbocycles. The van der Waals surface area contributed by atoms with E-state index in [0.717, 1.165) is 0 Å². The summed E-state index contributed by atoms with van der Waals surface area (Å²) in [6, 6.07) is 8.21. The van der Waals surface area contributed by atoms with E-state index in [1.165, 1.54) is 12.2 Å². The normalized spacial score (nSPS) is 11.5. The summed E-state index contributed by atoms with van der Waals surface area (Å²) in [6.07, 6.45) is 4.48. The predicted octanol–water partition coefficient (Wildman–Crippen LogP) is 2.72. The SMILES string of the molecule is C=C/C=C\C(=C)S(=O)(=O)c1ccccc1. The Balaban J connectivity index is 3.10. The predicted molar refractivity (Wildman–Crippen MR) is 62.1 cm³/mol. The van der Waals surface area contributed by atoms with Gasteiger partial charge >= 0.3 is 0 Å². The fraction of sp³-hybridized carbons (Fsp3) is 0. The summed E-state index contributed by atoms with van der Waals surface area (Å²) >= 11 is 0. The summed E-state index contributed by atoms with van der Waals surface area (Å²) in [5.41, 5.74) is 0. The van der Waals surface area contributed by atoms with Crippen molar-refractivity contribution in [3.8, 4) is 0 Å². The molecule has 0 aliphatic heterocycles. The van der Waals surface area contributed by atoms with Crippen LogP contribution in [0.5, 0.6) is 0 Å². The monoisotopic (exact) mass is 220 g/mol. The molecule has 1 rings (SSSR count). The highest BCUT2D eigenvalue weighted by atomic mass is 32.2. The van der Waals surface area contributed by atoms with E-state index in [0.29, 0.717) is 0 Å². The zero-order valence-corrected chi connectivity index (χ0v) is 9.07. The number of benzene rings is 1. The fourth-order valence-corrected chi connectivity index (χ4v) is 2.09. The van der Waals surface area contributed by atoms with Crippen molar-refractivity contribution >= 4 is 9.84 Å². The maximum atomic E-state index is 11.9. The van der Waals surface area contributed by atoms with Crippen molar-refractivity contribution in [2.75, 3.05) is 0 Å². The van der Waals surface area contributed by atoms with Crippen molar-refractivity contribution in [3.05, 3.63) is 66.6 Å². The van der Waals surface area contributed by atoms with Crippen molar-refractivity contribution in [1.82, 2.24) is 0 Å². The largest absolute Gasteiger partial charge is 0.219 e. The number of allylic oxidation sites excluding steroid dienone is 3. The molecule has 0 aliphatic rings. The van der Waals surface area contributed by atoms with Gasteiger partial charge in [0.2, 0.25) is 9.84 Å². The number of hydrogen-bond donors (Lipinski definition) is 0. The van der Waals surface area contributed by atoms with Gasteiger partial charge in [-0.3, -0.25) is 0 Å². The van der Waals surface area contributed by atoms with E-state index in [1.54, 1.807) is 36.4 Å². The Labute approximate surface area is 90.2 Å². The van der Waals surface area contributed by atoms with Crippen LogP contribution < -0.4 is 0 Å². The number of hydrogen-bond acceptors (Lipinski definition) is 2. The highest BCUT2D eigenvalue weighted by Gasteiger charge is 2.15. The molecule has 0 N–H and O–H groups in total. The van der Waals surface area contributed by atoms with Gasteiger partial charge in [0.15, 0.2) is 0 Å². The van der Waals surface area contributed by atoms with Crippen LogP contribution in [0.2, 0.25) is 0 Å². The minimum absolute atomic E-state index is 0.0635. The average molecular weight is 220 g/mol. The first-order valence-corrected chi connectivity index (χ1v) is 5.85. The van der Waals surface area contributed by atoms with Crippen molar-refractivity contribution in [3.63, 3.8) is 0 Å². The summed E-state index contributed by atoms with van der Waals surface area (Å²) in [6.45, 7) is 6.98. The van der Waals surface area contributed by atoms with Gasteiger partial charge in [-0.15, -0.1) is 0 Å². The Bertz CT molecular complexity index is 482. The van der Waals surface area contributed by atoms with Gasteiger partial charge in [0, 0.05) is 0 Å². The molecule has 0 heterocycles. The molecule has 0 fully saturated rings. The molecule has 0 aliphatic carbocycles. The lowest BCUT2D eigenvalue weighted by molar-refractivity contribution is 0.603. The van der Waals surface area contributed by atoms with Crippen molar-refractivity contribution < 1.29 is 8.42 Å². The summed E-state index contributed by atoms with van der Waals surface area (Å²) in [4.78, 5) is 0.317. The molecule has 15 heavy (non-hydrogen) atoms. The molecule has 3 heteroatoms. The Kier molecular flexibility index (Phi) is 3.63. The third-order valence-electron chi connectivity index (χ3n) is 1.82. The zero-order valence-electron chi connectivity index (χ0n) is 8.26. The molecular weight excluding hydrogens is 208 g/mol. The highest BCUT2D eigenvalue weighted by Crippen LogP contribution is 2.17. The maximum Gasteiger partial charge on any atom is 0.206 e. The van der Waals surface area contributed by atoms with E-state index in [1.807, 2.05) is 0 Å². The standard InChI is InChI=1S/C12H12O2S/c1-3-4-8-11(2)15(13,14)12-9-6-5-7-10-12/h3-10H,1-2H2/b8-4-. The first kappa shape index (κ1) is 11.5. The Morgan fingerprint density at radius 2 is 1.80 bits per heavy atom. The van der Waals surface area contributed by atoms with Crippen LogP contribution in [-0.2, 0) is 9.84 Å². The first-order chi connectivity index (χ1) is 7.09. The third-order valence-corrected chi connectivity index (χ3v) is 3.54. The molecular formula is C12H12O2S. The van der Waals surface area contributed by atoms with Gasteiger partial charge in [-0.1, -0.05) is 43.5 Å². The van der Waals surface area contributed by atoms with E-state index in [9.17, 15) is 8.42 Å². The van der Waals surface area contributed by atoms with Gasteiger partial charge < -0.3 is 0 Å². The Morgan fingerprint density at radius 3 is 2.33 bits per heavy atom. The van der Waals surface area contributed by atoms with Gasteiger partial charge in [0.1, 0.15) is 0 Å². The first-order valence-electron chi connectivity index (χ1n) is 4.37. The van der Waals surface area contributed by atoms with Crippen LogP contribution in [0.3, 0.4) is 0 Å². The van der Waals surface area contributed by atoms with Crippen LogP contribution in [0.4, 0.5) is 0 Å². The Hall–Kier alpha value is -1.61. The second kappa shape index (κ2) is 4.75. The molecule has 0 aromatic heterocycles. The van der Waals surface area contributed by atoms with Crippen LogP contribution in [-0.4, -0.2) is 8.42 Å². The smallest absolute Gasteiger partial charge is 0.206 e. The fourth-order valence-electron chi connectivity index (χ4n) is 1.02. The van der Waals surface area contributed by atoms with E-state index in [4.69, 9.17) is 0 Å². The van der Waals surface area contributed by atoms with Crippen molar-refractivity contribution in [2.24, 2.45) is 0 Å². The van der Waals surface area contributed by atoms with Crippen LogP contribution in [0.15, 0.2) is 71.5 Å². The topological polar surface area (TPSA) is 34.1 Å². The number of rotatable bonds is 4. The van der Waals surface area contributed by atoms with Gasteiger partial charge in [-0.25, -0.2) is 8.42 Å². The molecule has 0 saturated heterocycles. The molecule has 2 nitrogen and oxygen atoms in total.